The third-order valence-electron chi connectivity index (χ3n) is 4.28. The number of amides is 2. The highest BCUT2D eigenvalue weighted by molar-refractivity contribution is 5.92. The summed E-state index contributed by atoms with van der Waals surface area (Å²) in [5, 5.41) is 6.09. The minimum absolute atomic E-state index is 0.0458. The molecule has 7 nitrogen and oxygen atoms in total. The van der Waals surface area contributed by atoms with Crippen molar-refractivity contribution in [1.82, 2.24) is 14.9 Å². The van der Waals surface area contributed by atoms with Crippen LogP contribution in [0.15, 0.2) is 59.7 Å². The van der Waals surface area contributed by atoms with Crippen molar-refractivity contribution >= 4 is 28.4 Å². The van der Waals surface area contributed by atoms with Gasteiger partial charge in [-0.25, -0.2) is 4.98 Å². The Bertz CT molecular complexity index is 1060. The lowest BCUT2D eigenvalue weighted by Crippen LogP contribution is -2.32. The van der Waals surface area contributed by atoms with E-state index in [0.717, 1.165) is 5.56 Å². The second kappa shape index (κ2) is 8.47. The topological polar surface area (TPSA) is 93.1 Å². The molecule has 0 radical (unpaired) electrons. The molecule has 0 spiro atoms. The summed E-state index contributed by atoms with van der Waals surface area (Å²) in [6, 6.07) is 14.3. The predicted octanol–water partition coefficient (Wildman–Crippen LogP) is 2.31. The first-order chi connectivity index (χ1) is 13.4. The number of nitrogens with zero attached hydrogens (tertiary/aromatic N) is 2. The maximum absolute atomic E-state index is 12.4. The number of hydrogen-bond acceptors (Lipinski definition) is 4. The van der Waals surface area contributed by atoms with Crippen LogP contribution in [0.2, 0.25) is 0 Å². The number of hydrogen-bond donors (Lipinski definition) is 2. The van der Waals surface area contributed by atoms with Crippen LogP contribution in [0, 0.1) is 5.92 Å². The van der Waals surface area contributed by atoms with Gasteiger partial charge in [0, 0.05) is 18.2 Å². The van der Waals surface area contributed by atoms with Gasteiger partial charge in [-0.05, 0) is 29.8 Å². The molecule has 144 valence electrons. The Balaban J connectivity index is 1.58. The Morgan fingerprint density at radius 2 is 1.79 bits per heavy atom. The Morgan fingerprint density at radius 1 is 1.07 bits per heavy atom. The van der Waals surface area contributed by atoms with Crippen molar-refractivity contribution in [2.75, 3.05) is 5.32 Å². The van der Waals surface area contributed by atoms with Gasteiger partial charge in [-0.15, -0.1) is 0 Å². The zero-order valence-corrected chi connectivity index (χ0v) is 15.8. The molecule has 3 rings (SSSR count). The molecule has 0 aliphatic heterocycles. The molecule has 0 bridgehead atoms. The number of rotatable bonds is 6. The summed E-state index contributed by atoms with van der Waals surface area (Å²) in [6.07, 6.45) is 1.39. The van der Waals surface area contributed by atoms with Crippen molar-refractivity contribution in [2.24, 2.45) is 5.92 Å². The SMILES string of the molecule is CC(C)C(=O)Nc1ccc(CNC(=O)Cn2cnc3ccccc3c2=O)cc1. The molecule has 0 aliphatic carbocycles. The Morgan fingerprint density at radius 3 is 2.50 bits per heavy atom. The summed E-state index contributed by atoms with van der Waals surface area (Å²) in [5.74, 6) is -0.418. The summed E-state index contributed by atoms with van der Waals surface area (Å²) in [5.41, 5.74) is 1.96. The molecule has 0 aliphatic rings. The Labute approximate surface area is 162 Å². The summed E-state index contributed by atoms with van der Waals surface area (Å²) < 4.78 is 1.29. The van der Waals surface area contributed by atoms with Gasteiger partial charge in [0.05, 0.1) is 17.2 Å². The molecule has 7 heteroatoms. The van der Waals surface area contributed by atoms with Crippen molar-refractivity contribution in [3.63, 3.8) is 0 Å². The number of carbonyl (C=O) groups excluding carboxylic acids is 2. The average Bonchev–Trinajstić information content (AvgIpc) is 2.69. The Kier molecular flexibility index (Phi) is 5.84. The molecule has 0 atom stereocenters. The van der Waals surface area contributed by atoms with Crippen LogP contribution in [-0.4, -0.2) is 21.4 Å². The van der Waals surface area contributed by atoms with Gasteiger partial charge in [-0.2, -0.15) is 0 Å². The second-order valence-electron chi connectivity index (χ2n) is 6.81. The summed E-state index contributed by atoms with van der Waals surface area (Å²) in [4.78, 5) is 40.5. The highest BCUT2D eigenvalue weighted by Crippen LogP contribution is 2.11. The van der Waals surface area contributed by atoms with Crippen LogP contribution in [0.1, 0.15) is 19.4 Å². The van der Waals surface area contributed by atoms with Crippen LogP contribution in [0.5, 0.6) is 0 Å². The van der Waals surface area contributed by atoms with E-state index in [9.17, 15) is 14.4 Å². The average molecular weight is 378 g/mol. The zero-order chi connectivity index (χ0) is 20.1. The highest BCUT2D eigenvalue weighted by Gasteiger charge is 2.09. The van der Waals surface area contributed by atoms with Gasteiger partial charge in [-0.3, -0.25) is 19.0 Å². The van der Waals surface area contributed by atoms with E-state index in [-0.39, 0.29) is 29.8 Å². The van der Waals surface area contributed by atoms with Crippen molar-refractivity contribution in [3.8, 4) is 0 Å². The van der Waals surface area contributed by atoms with Gasteiger partial charge in [0.25, 0.3) is 5.56 Å². The molecule has 1 heterocycles. The molecule has 2 N–H and O–H groups in total. The van der Waals surface area contributed by atoms with E-state index in [0.29, 0.717) is 23.1 Å². The fourth-order valence-electron chi connectivity index (χ4n) is 2.62. The zero-order valence-electron chi connectivity index (χ0n) is 15.8. The number of carbonyl (C=O) groups is 2. The van der Waals surface area contributed by atoms with E-state index in [2.05, 4.69) is 15.6 Å². The van der Waals surface area contributed by atoms with Gasteiger partial charge in [-0.1, -0.05) is 38.1 Å². The van der Waals surface area contributed by atoms with Gasteiger partial charge >= 0.3 is 0 Å². The molecule has 0 unspecified atom stereocenters. The lowest BCUT2D eigenvalue weighted by atomic mass is 10.1. The maximum atomic E-state index is 12.4. The number of nitrogens with one attached hydrogen (secondary N) is 2. The quantitative estimate of drug-likeness (QED) is 0.688. The highest BCUT2D eigenvalue weighted by atomic mass is 16.2. The van der Waals surface area contributed by atoms with Crippen LogP contribution in [0.3, 0.4) is 0 Å². The van der Waals surface area contributed by atoms with E-state index < -0.39 is 0 Å². The fraction of sp³-hybridized carbons (Fsp3) is 0.238. The van der Waals surface area contributed by atoms with Gasteiger partial charge < -0.3 is 10.6 Å². The Hall–Kier alpha value is -3.48. The fourth-order valence-corrected chi connectivity index (χ4v) is 2.62. The largest absolute Gasteiger partial charge is 0.350 e. The molecule has 0 saturated heterocycles. The number of benzene rings is 2. The molecular formula is C21H22N4O3. The summed E-state index contributed by atoms with van der Waals surface area (Å²) in [7, 11) is 0. The van der Waals surface area contributed by atoms with Crippen LogP contribution in [0.4, 0.5) is 5.69 Å². The van der Waals surface area contributed by atoms with Gasteiger partial charge in [0.15, 0.2) is 0 Å². The van der Waals surface area contributed by atoms with E-state index in [1.807, 2.05) is 32.0 Å². The lowest BCUT2D eigenvalue weighted by Gasteiger charge is -2.10. The third kappa shape index (κ3) is 4.62. The molecule has 1 aromatic heterocycles. The minimum Gasteiger partial charge on any atom is -0.350 e. The third-order valence-corrected chi connectivity index (χ3v) is 4.28. The first-order valence-corrected chi connectivity index (χ1v) is 9.04. The van der Waals surface area contributed by atoms with E-state index in [4.69, 9.17) is 0 Å². The van der Waals surface area contributed by atoms with E-state index in [1.165, 1.54) is 10.9 Å². The number of aromatic nitrogens is 2. The summed E-state index contributed by atoms with van der Waals surface area (Å²) in [6.45, 7) is 3.89. The molecule has 2 aromatic carbocycles. The standard InChI is InChI=1S/C21H22N4O3/c1-14(2)20(27)24-16-9-7-15(8-10-16)11-22-19(26)12-25-13-23-18-6-4-3-5-17(18)21(25)28/h3-10,13-14H,11-12H2,1-2H3,(H,22,26)(H,24,27). The van der Waals surface area contributed by atoms with Gasteiger partial charge in [0.1, 0.15) is 6.54 Å². The first-order valence-electron chi connectivity index (χ1n) is 9.04. The number of para-hydroxylation sites is 1. The summed E-state index contributed by atoms with van der Waals surface area (Å²) >= 11 is 0. The van der Waals surface area contributed by atoms with Crippen molar-refractivity contribution in [2.45, 2.75) is 26.9 Å². The van der Waals surface area contributed by atoms with Crippen molar-refractivity contribution in [3.05, 3.63) is 70.8 Å². The minimum atomic E-state index is -0.281. The monoisotopic (exact) mass is 378 g/mol. The van der Waals surface area contributed by atoms with Crippen molar-refractivity contribution in [1.29, 1.82) is 0 Å². The number of anilines is 1. The predicted molar refractivity (Wildman–Crippen MR) is 108 cm³/mol. The van der Waals surface area contributed by atoms with E-state index >= 15 is 0 Å². The van der Waals surface area contributed by atoms with Crippen LogP contribution in [0.25, 0.3) is 10.9 Å². The first kappa shape index (κ1) is 19.3. The number of fused-ring (bicyclic) bond motifs is 1. The van der Waals surface area contributed by atoms with Crippen LogP contribution >= 0.6 is 0 Å². The smallest absolute Gasteiger partial charge is 0.261 e. The van der Waals surface area contributed by atoms with E-state index in [1.54, 1.807) is 30.3 Å². The van der Waals surface area contributed by atoms with Gasteiger partial charge in [0.2, 0.25) is 11.8 Å². The van der Waals surface area contributed by atoms with Crippen LogP contribution in [-0.2, 0) is 22.7 Å². The molecule has 0 fully saturated rings. The second-order valence-corrected chi connectivity index (χ2v) is 6.81. The molecule has 3 aromatic rings. The molecule has 0 saturated carbocycles. The maximum Gasteiger partial charge on any atom is 0.261 e. The molecule has 28 heavy (non-hydrogen) atoms. The molecule has 2 amide bonds. The lowest BCUT2D eigenvalue weighted by molar-refractivity contribution is -0.122. The van der Waals surface area contributed by atoms with Crippen molar-refractivity contribution < 1.29 is 9.59 Å². The normalized spacial score (nSPS) is 10.8. The molecular weight excluding hydrogens is 356 g/mol. The van der Waals surface area contributed by atoms with Crippen LogP contribution < -0.4 is 16.2 Å².